The molecule has 0 atom stereocenters. The number of carbonyl (C=O) groups is 2. The molecule has 2 aromatic rings. The smallest absolute Gasteiger partial charge is 0.303 e. The highest BCUT2D eigenvalue weighted by atomic mass is 16.4. The highest BCUT2D eigenvalue weighted by molar-refractivity contribution is 5.67. The number of hydrogen-bond donors (Lipinski definition) is 4. The maximum absolute atomic E-state index is 10.8. The first-order valence-corrected chi connectivity index (χ1v) is 7.85. The zero-order valence-corrected chi connectivity index (χ0v) is 13.9. The van der Waals surface area contributed by atoms with Crippen LogP contribution in [0.4, 0.5) is 0 Å². The van der Waals surface area contributed by atoms with Gasteiger partial charge in [-0.25, -0.2) is 0 Å². The van der Waals surface area contributed by atoms with Gasteiger partial charge in [-0.1, -0.05) is 31.2 Å². The number of carboxylic acid groups (broad SMARTS) is 2. The molecule has 0 saturated carbocycles. The summed E-state index contributed by atoms with van der Waals surface area (Å²) in [4.78, 5) is 20.2. The molecule has 2 aromatic carbocycles. The summed E-state index contributed by atoms with van der Waals surface area (Å²) in [7, 11) is 0. The summed E-state index contributed by atoms with van der Waals surface area (Å²) in [6, 6.07) is 13.5. The third-order valence-electron chi connectivity index (χ3n) is 3.54. The molecule has 0 spiro atoms. The molecular formula is C19H22O6. The second kappa shape index (κ2) is 9.97. The lowest BCUT2D eigenvalue weighted by Gasteiger charge is -2.17. The maximum atomic E-state index is 10.8. The molecular weight excluding hydrogens is 324 g/mol. The van der Waals surface area contributed by atoms with Crippen LogP contribution in [-0.4, -0.2) is 32.4 Å². The molecule has 6 nitrogen and oxygen atoms in total. The predicted octanol–water partition coefficient (Wildman–Crippen LogP) is 3.58. The van der Waals surface area contributed by atoms with Crippen LogP contribution in [0.2, 0.25) is 0 Å². The van der Waals surface area contributed by atoms with Crippen molar-refractivity contribution in [3.63, 3.8) is 0 Å². The standard InChI is InChI=1S/C16H16O4.C3H6O2/c17-13-5-1-11(2-6-13)15(9-10-16(19)20)12-3-7-14(18)8-4-12;1-2-3(4)5/h1-8,15,17-18H,9-10H2,(H,19,20);2H2,1H3,(H,4,5). The van der Waals surface area contributed by atoms with Crippen molar-refractivity contribution in [2.24, 2.45) is 0 Å². The number of aliphatic carboxylic acids is 2. The number of benzene rings is 2. The molecule has 0 heterocycles. The van der Waals surface area contributed by atoms with E-state index in [0.717, 1.165) is 11.1 Å². The quantitative estimate of drug-likeness (QED) is 0.635. The minimum Gasteiger partial charge on any atom is -0.508 e. The fourth-order valence-corrected chi connectivity index (χ4v) is 2.21. The summed E-state index contributed by atoms with van der Waals surface area (Å²) < 4.78 is 0. The summed E-state index contributed by atoms with van der Waals surface area (Å²) >= 11 is 0. The van der Waals surface area contributed by atoms with Crippen LogP contribution in [0.25, 0.3) is 0 Å². The van der Waals surface area contributed by atoms with E-state index < -0.39 is 11.9 Å². The first-order valence-electron chi connectivity index (χ1n) is 7.85. The molecule has 0 fully saturated rings. The topological polar surface area (TPSA) is 115 Å². The molecule has 0 bridgehead atoms. The fourth-order valence-electron chi connectivity index (χ4n) is 2.21. The number of aromatic hydroxyl groups is 2. The van der Waals surface area contributed by atoms with Crippen molar-refractivity contribution in [1.29, 1.82) is 0 Å². The minimum absolute atomic E-state index is 0.0619. The zero-order chi connectivity index (χ0) is 18.8. The Kier molecular flexibility index (Phi) is 7.99. The van der Waals surface area contributed by atoms with Crippen molar-refractivity contribution in [1.82, 2.24) is 0 Å². The van der Waals surface area contributed by atoms with E-state index in [4.69, 9.17) is 10.2 Å². The molecule has 134 valence electrons. The van der Waals surface area contributed by atoms with E-state index in [1.807, 2.05) is 0 Å². The molecule has 4 N–H and O–H groups in total. The number of phenolic OH excluding ortho intramolecular Hbond substituents is 2. The lowest BCUT2D eigenvalue weighted by atomic mass is 9.87. The van der Waals surface area contributed by atoms with E-state index in [1.165, 1.54) is 0 Å². The van der Waals surface area contributed by atoms with Crippen molar-refractivity contribution in [2.75, 3.05) is 0 Å². The lowest BCUT2D eigenvalue weighted by Crippen LogP contribution is -2.05. The van der Waals surface area contributed by atoms with E-state index in [1.54, 1.807) is 55.5 Å². The van der Waals surface area contributed by atoms with Crippen LogP contribution in [0.5, 0.6) is 11.5 Å². The Morgan fingerprint density at radius 2 is 1.16 bits per heavy atom. The third kappa shape index (κ3) is 7.39. The second-order valence-electron chi connectivity index (χ2n) is 5.42. The van der Waals surface area contributed by atoms with Gasteiger partial charge in [0.2, 0.25) is 0 Å². The molecule has 2 rings (SSSR count). The van der Waals surface area contributed by atoms with Crippen molar-refractivity contribution in [2.45, 2.75) is 32.1 Å². The summed E-state index contributed by atoms with van der Waals surface area (Å²) in [6.07, 6.45) is 0.747. The number of carboxylic acids is 2. The molecule has 0 aromatic heterocycles. The van der Waals surface area contributed by atoms with Gasteiger partial charge in [-0.2, -0.15) is 0 Å². The van der Waals surface area contributed by atoms with Crippen LogP contribution in [0.1, 0.15) is 43.2 Å². The number of rotatable bonds is 6. The van der Waals surface area contributed by atoms with Crippen molar-refractivity contribution in [3.8, 4) is 11.5 Å². The zero-order valence-electron chi connectivity index (χ0n) is 13.9. The van der Waals surface area contributed by atoms with E-state index in [2.05, 4.69) is 0 Å². The van der Waals surface area contributed by atoms with Gasteiger partial charge in [-0.15, -0.1) is 0 Å². The Morgan fingerprint density at radius 1 is 0.800 bits per heavy atom. The Labute approximate surface area is 146 Å². The second-order valence-corrected chi connectivity index (χ2v) is 5.42. The van der Waals surface area contributed by atoms with E-state index in [-0.39, 0.29) is 30.3 Å². The molecule has 0 radical (unpaired) electrons. The Balaban J connectivity index is 0.000000550. The van der Waals surface area contributed by atoms with Crippen LogP contribution < -0.4 is 0 Å². The molecule has 0 amide bonds. The number of hydrogen-bond acceptors (Lipinski definition) is 4. The molecule has 0 aliphatic heterocycles. The Morgan fingerprint density at radius 3 is 1.44 bits per heavy atom. The van der Waals surface area contributed by atoms with Gasteiger partial charge in [-0.3, -0.25) is 9.59 Å². The van der Waals surface area contributed by atoms with Gasteiger partial charge in [0, 0.05) is 18.8 Å². The first kappa shape index (κ1) is 20.0. The molecule has 25 heavy (non-hydrogen) atoms. The van der Waals surface area contributed by atoms with Crippen LogP contribution in [-0.2, 0) is 9.59 Å². The Hall–Kier alpha value is -3.02. The lowest BCUT2D eigenvalue weighted by molar-refractivity contribution is -0.137. The van der Waals surface area contributed by atoms with Gasteiger partial charge in [0.1, 0.15) is 11.5 Å². The summed E-state index contributed by atoms with van der Waals surface area (Å²) in [5, 5.41) is 35.3. The van der Waals surface area contributed by atoms with Crippen LogP contribution in [0.3, 0.4) is 0 Å². The maximum Gasteiger partial charge on any atom is 0.303 e. The summed E-state index contributed by atoms with van der Waals surface area (Å²) in [5.74, 6) is -1.31. The minimum atomic E-state index is -0.840. The van der Waals surface area contributed by atoms with E-state index in [0.29, 0.717) is 6.42 Å². The highest BCUT2D eigenvalue weighted by Crippen LogP contribution is 2.31. The third-order valence-corrected chi connectivity index (χ3v) is 3.54. The fraction of sp³-hybridized carbons (Fsp3) is 0.263. The molecule has 0 aliphatic rings. The number of phenols is 2. The molecule has 6 heteroatoms. The summed E-state index contributed by atoms with van der Waals surface area (Å²) in [6.45, 7) is 1.60. The van der Waals surface area contributed by atoms with Crippen LogP contribution in [0, 0.1) is 0 Å². The summed E-state index contributed by atoms with van der Waals surface area (Å²) in [5.41, 5.74) is 1.88. The van der Waals surface area contributed by atoms with Gasteiger partial charge in [0.05, 0.1) is 0 Å². The van der Waals surface area contributed by atoms with Gasteiger partial charge >= 0.3 is 11.9 Å². The first-order chi connectivity index (χ1) is 11.8. The van der Waals surface area contributed by atoms with Gasteiger partial charge in [0.25, 0.3) is 0 Å². The predicted molar refractivity (Wildman–Crippen MR) is 92.9 cm³/mol. The van der Waals surface area contributed by atoms with Crippen LogP contribution in [0.15, 0.2) is 48.5 Å². The van der Waals surface area contributed by atoms with Crippen molar-refractivity contribution in [3.05, 3.63) is 59.7 Å². The molecule has 0 aliphatic carbocycles. The van der Waals surface area contributed by atoms with Gasteiger partial charge in [-0.05, 0) is 41.8 Å². The SMILES string of the molecule is CCC(=O)O.O=C(O)CCC(c1ccc(O)cc1)c1ccc(O)cc1. The van der Waals surface area contributed by atoms with Crippen molar-refractivity contribution >= 4 is 11.9 Å². The molecule has 0 saturated heterocycles. The van der Waals surface area contributed by atoms with Crippen LogP contribution >= 0.6 is 0 Å². The average molecular weight is 346 g/mol. The van der Waals surface area contributed by atoms with E-state index in [9.17, 15) is 19.8 Å². The van der Waals surface area contributed by atoms with Gasteiger partial charge in [0.15, 0.2) is 0 Å². The molecule has 0 unspecified atom stereocenters. The average Bonchev–Trinajstić information content (AvgIpc) is 2.58. The highest BCUT2D eigenvalue weighted by Gasteiger charge is 2.16. The van der Waals surface area contributed by atoms with Gasteiger partial charge < -0.3 is 20.4 Å². The monoisotopic (exact) mass is 346 g/mol. The largest absolute Gasteiger partial charge is 0.508 e. The normalized spacial score (nSPS) is 10.0. The van der Waals surface area contributed by atoms with Crippen molar-refractivity contribution < 1.29 is 30.0 Å². The Bertz CT molecular complexity index is 631. The van der Waals surface area contributed by atoms with E-state index >= 15 is 0 Å².